The fourth-order valence-electron chi connectivity index (χ4n) is 3.37. The molecule has 1 aromatic heterocycles. The van der Waals surface area contributed by atoms with Crippen molar-refractivity contribution >= 4 is 23.2 Å². The molecule has 1 aromatic rings. The highest BCUT2D eigenvalue weighted by Crippen LogP contribution is 2.31. The monoisotopic (exact) mass is 321 g/mol. The number of carbonyl (C=O) groups excluding carboxylic acids is 2. The summed E-state index contributed by atoms with van der Waals surface area (Å²) >= 11 is 1.65. The summed E-state index contributed by atoms with van der Waals surface area (Å²) in [6, 6.07) is 2.08. The number of carbonyl (C=O) groups is 2. The normalized spacial score (nSPS) is 21.3. The quantitative estimate of drug-likeness (QED) is 0.804. The third kappa shape index (κ3) is 3.19. The Morgan fingerprint density at radius 2 is 2.14 bits per heavy atom. The van der Waals surface area contributed by atoms with Crippen LogP contribution < -0.4 is 0 Å². The Labute approximate surface area is 135 Å². The summed E-state index contributed by atoms with van der Waals surface area (Å²) in [5.74, 6) is -0.230. The van der Waals surface area contributed by atoms with E-state index in [1.54, 1.807) is 11.3 Å². The molecular weight excluding hydrogens is 298 g/mol. The van der Waals surface area contributed by atoms with Crippen molar-refractivity contribution in [3.63, 3.8) is 0 Å². The van der Waals surface area contributed by atoms with Gasteiger partial charge < -0.3 is 9.64 Å². The van der Waals surface area contributed by atoms with Crippen LogP contribution in [0.5, 0.6) is 0 Å². The average Bonchev–Trinajstić information content (AvgIpc) is 2.98. The van der Waals surface area contributed by atoms with Crippen molar-refractivity contribution in [2.45, 2.75) is 45.4 Å². The van der Waals surface area contributed by atoms with E-state index in [2.05, 4.69) is 6.07 Å². The first-order valence-corrected chi connectivity index (χ1v) is 9.08. The van der Waals surface area contributed by atoms with Crippen LogP contribution in [0.1, 0.15) is 52.7 Å². The molecule has 3 rings (SSSR count). The zero-order valence-electron chi connectivity index (χ0n) is 13.1. The first kappa shape index (κ1) is 15.5. The molecule has 22 heavy (non-hydrogen) atoms. The van der Waals surface area contributed by atoms with Crippen molar-refractivity contribution in [3.05, 3.63) is 21.4 Å². The van der Waals surface area contributed by atoms with Crippen LogP contribution in [0.4, 0.5) is 0 Å². The van der Waals surface area contributed by atoms with Gasteiger partial charge in [-0.15, -0.1) is 11.3 Å². The Hall–Kier alpha value is -1.36. The van der Waals surface area contributed by atoms with Gasteiger partial charge in [0.15, 0.2) is 0 Å². The van der Waals surface area contributed by atoms with Gasteiger partial charge in [0.25, 0.3) is 5.91 Å². The van der Waals surface area contributed by atoms with E-state index in [1.807, 2.05) is 11.8 Å². The third-order valence-corrected chi connectivity index (χ3v) is 5.76. The summed E-state index contributed by atoms with van der Waals surface area (Å²) < 4.78 is 5.11. The molecular formula is C17H23NO3S. The number of thiophene rings is 1. The number of ether oxygens (including phenoxy) is 1. The van der Waals surface area contributed by atoms with Gasteiger partial charge in [-0.1, -0.05) is 0 Å². The summed E-state index contributed by atoms with van der Waals surface area (Å²) in [7, 11) is 0. The van der Waals surface area contributed by atoms with Crippen LogP contribution in [0, 0.1) is 5.92 Å². The van der Waals surface area contributed by atoms with Gasteiger partial charge in [0, 0.05) is 18.0 Å². The number of hydrogen-bond donors (Lipinski definition) is 0. The highest BCUT2D eigenvalue weighted by atomic mass is 32.1. The van der Waals surface area contributed by atoms with Gasteiger partial charge in [-0.05, 0) is 57.1 Å². The van der Waals surface area contributed by atoms with E-state index in [0.29, 0.717) is 13.2 Å². The molecule has 1 aliphatic carbocycles. The third-order valence-electron chi connectivity index (χ3n) is 4.54. The van der Waals surface area contributed by atoms with E-state index in [4.69, 9.17) is 4.74 Å². The number of esters is 1. The maximum atomic E-state index is 12.7. The fraction of sp³-hybridized carbons (Fsp3) is 0.647. The molecule has 1 amide bonds. The van der Waals surface area contributed by atoms with E-state index >= 15 is 0 Å². The summed E-state index contributed by atoms with van der Waals surface area (Å²) in [6.45, 7) is 3.47. The molecule has 1 fully saturated rings. The maximum Gasteiger partial charge on any atom is 0.310 e. The minimum Gasteiger partial charge on any atom is -0.466 e. The van der Waals surface area contributed by atoms with Crippen LogP contribution in [0.3, 0.4) is 0 Å². The van der Waals surface area contributed by atoms with Gasteiger partial charge in [0.2, 0.25) is 0 Å². The lowest BCUT2D eigenvalue weighted by Gasteiger charge is -2.31. The number of likely N-dealkylation sites (tertiary alicyclic amines) is 1. The molecule has 5 heteroatoms. The van der Waals surface area contributed by atoms with Crippen LogP contribution in [-0.2, 0) is 22.4 Å². The molecule has 1 atom stereocenters. The minimum absolute atomic E-state index is 0.0911. The number of amides is 1. The van der Waals surface area contributed by atoms with Crippen LogP contribution in [0.15, 0.2) is 6.07 Å². The lowest BCUT2D eigenvalue weighted by atomic mass is 9.97. The van der Waals surface area contributed by atoms with E-state index in [9.17, 15) is 9.59 Å². The van der Waals surface area contributed by atoms with Gasteiger partial charge in [-0.2, -0.15) is 0 Å². The number of rotatable bonds is 3. The molecule has 0 aromatic carbocycles. The van der Waals surface area contributed by atoms with Gasteiger partial charge in [0.1, 0.15) is 0 Å². The average molecular weight is 321 g/mol. The van der Waals surface area contributed by atoms with Crippen LogP contribution in [-0.4, -0.2) is 36.5 Å². The second-order valence-electron chi connectivity index (χ2n) is 6.11. The second kappa shape index (κ2) is 6.82. The molecule has 2 heterocycles. The topological polar surface area (TPSA) is 46.6 Å². The molecule has 0 unspecified atom stereocenters. The van der Waals surface area contributed by atoms with Crippen LogP contribution in [0.25, 0.3) is 0 Å². The van der Waals surface area contributed by atoms with Crippen molar-refractivity contribution in [1.82, 2.24) is 4.90 Å². The smallest absolute Gasteiger partial charge is 0.310 e. The Morgan fingerprint density at radius 1 is 1.32 bits per heavy atom. The van der Waals surface area contributed by atoms with Gasteiger partial charge >= 0.3 is 5.97 Å². The zero-order chi connectivity index (χ0) is 15.5. The SMILES string of the molecule is CCOC(=O)[C@H]1CCCN(C(=O)c2cc3c(s2)CCCC3)C1. The lowest BCUT2D eigenvalue weighted by molar-refractivity contribution is -0.149. The van der Waals surface area contributed by atoms with Gasteiger partial charge in [-0.25, -0.2) is 0 Å². The Bertz CT molecular complexity index is 543. The fourth-order valence-corrected chi connectivity index (χ4v) is 4.59. The van der Waals surface area contributed by atoms with Crippen molar-refractivity contribution in [3.8, 4) is 0 Å². The summed E-state index contributed by atoms with van der Waals surface area (Å²) in [5.41, 5.74) is 1.36. The van der Waals surface area contributed by atoms with E-state index < -0.39 is 0 Å². The Balaban J connectivity index is 1.69. The van der Waals surface area contributed by atoms with Gasteiger partial charge in [0.05, 0.1) is 17.4 Å². The second-order valence-corrected chi connectivity index (χ2v) is 7.25. The van der Waals surface area contributed by atoms with Crippen molar-refractivity contribution in [2.75, 3.05) is 19.7 Å². The standard InChI is InChI=1S/C17H23NO3S/c1-2-21-17(20)13-7-5-9-18(11-13)16(19)15-10-12-6-3-4-8-14(12)22-15/h10,13H,2-9,11H2,1H3/t13-/m0/s1. The van der Waals surface area contributed by atoms with E-state index in [0.717, 1.165) is 37.1 Å². The lowest BCUT2D eigenvalue weighted by Crippen LogP contribution is -2.42. The van der Waals surface area contributed by atoms with E-state index in [1.165, 1.54) is 23.3 Å². The van der Waals surface area contributed by atoms with Crippen molar-refractivity contribution in [2.24, 2.45) is 5.92 Å². The predicted molar refractivity (Wildman–Crippen MR) is 86.2 cm³/mol. The van der Waals surface area contributed by atoms with Crippen molar-refractivity contribution < 1.29 is 14.3 Å². The molecule has 0 N–H and O–H groups in total. The molecule has 0 saturated carbocycles. The number of aryl methyl sites for hydroxylation is 2. The molecule has 0 bridgehead atoms. The van der Waals surface area contributed by atoms with Gasteiger partial charge in [-0.3, -0.25) is 9.59 Å². The zero-order valence-corrected chi connectivity index (χ0v) is 13.9. The highest BCUT2D eigenvalue weighted by molar-refractivity contribution is 7.14. The minimum atomic E-state index is -0.162. The number of fused-ring (bicyclic) bond motifs is 1. The number of hydrogen-bond acceptors (Lipinski definition) is 4. The van der Waals surface area contributed by atoms with Crippen LogP contribution >= 0.6 is 11.3 Å². The summed E-state index contributed by atoms with van der Waals surface area (Å²) in [4.78, 5) is 28.7. The van der Waals surface area contributed by atoms with Crippen molar-refractivity contribution in [1.29, 1.82) is 0 Å². The molecule has 1 aliphatic heterocycles. The first-order chi connectivity index (χ1) is 10.7. The number of piperidine rings is 1. The molecule has 2 aliphatic rings. The summed E-state index contributed by atoms with van der Waals surface area (Å²) in [6.07, 6.45) is 6.37. The summed E-state index contributed by atoms with van der Waals surface area (Å²) in [5, 5.41) is 0. The van der Waals surface area contributed by atoms with E-state index in [-0.39, 0.29) is 17.8 Å². The number of nitrogens with zero attached hydrogens (tertiary/aromatic N) is 1. The molecule has 0 radical (unpaired) electrons. The molecule has 1 saturated heterocycles. The first-order valence-electron chi connectivity index (χ1n) is 8.26. The maximum absolute atomic E-state index is 12.7. The highest BCUT2D eigenvalue weighted by Gasteiger charge is 2.30. The predicted octanol–water partition coefficient (Wildman–Crippen LogP) is 3.04. The molecule has 0 spiro atoms. The van der Waals surface area contributed by atoms with Crippen LogP contribution in [0.2, 0.25) is 0 Å². The molecule has 120 valence electrons. The Morgan fingerprint density at radius 3 is 2.91 bits per heavy atom. The largest absolute Gasteiger partial charge is 0.466 e. The Kier molecular flexibility index (Phi) is 4.81. The molecule has 4 nitrogen and oxygen atoms in total.